The van der Waals surface area contributed by atoms with Crippen molar-refractivity contribution >= 4 is 12.1 Å². The molecule has 0 aromatic heterocycles. The molecule has 3 N–H and O–H groups in total. The highest BCUT2D eigenvalue weighted by Crippen LogP contribution is 2.28. The van der Waals surface area contributed by atoms with Crippen LogP contribution in [0.4, 0.5) is 4.79 Å². The molecule has 20 heavy (non-hydrogen) atoms. The number of rotatable bonds is 4. The van der Waals surface area contributed by atoms with E-state index in [1.807, 2.05) is 0 Å². The lowest BCUT2D eigenvalue weighted by molar-refractivity contribution is -0.144. The summed E-state index contributed by atoms with van der Waals surface area (Å²) in [5.74, 6) is -1.33. The number of aliphatic carboxylic acids is 1. The second kappa shape index (κ2) is 6.92. The molecule has 0 saturated heterocycles. The fraction of sp³-hybridized carbons (Fsp3) is 0.857. The summed E-state index contributed by atoms with van der Waals surface area (Å²) < 4.78 is 5.03. The van der Waals surface area contributed by atoms with Crippen LogP contribution in [0.2, 0.25) is 0 Å². The van der Waals surface area contributed by atoms with Crippen molar-refractivity contribution in [1.82, 2.24) is 5.32 Å². The van der Waals surface area contributed by atoms with Crippen LogP contribution in [0, 0.1) is 5.92 Å². The van der Waals surface area contributed by atoms with E-state index < -0.39 is 29.8 Å². The molecule has 0 spiro atoms. The number of nitrogens with one attached hydrogen (secondary N) is 1. The van der Waals surface area contributed by atoms with Gasteiger partial charge in [-0.1, -0.05) is 19.3 Å². The van der Waals surface area contributed by atoms with Crippen LogP contribution in [-0.2, 0) is 9.53 Å². The summed E-state index contributed by atoms with van der Waals surface area (Å²) in [5.41, 5.74) is -0.705. The molecular formula is C14H25NO5. The summed E-state index contributed by atoms with van der Waals surface area (Å²) in [5, 5.41) is 21.7. The topological polar surface area (TPSA) is 95.9 Å². The van der Waals surface area contributed by atoms with Crippen molar-refractivity contribution < 1.29 is 24.5 Å². The Morgan fingerprint density at radius 2 is 1.75 bits per heavy atom. The number of hydrogen-bond donors (Lipinski definition) is 3. The van der Waals surface area contributed by atoms with Gasteiger partial charge in [0.2, 0.25) is 0 Å². The summed E-state index contributed by atoms with van der Waals surface area (Å²) in [4.78, 5) is 22.9. The minimum absolute atomic E-state index is 0.0835. The van der Waals surface area contributed by atoms with E-state index in [-0.39, 0.29) is 5.92 Å². The Morgan fingerprint density at radius 3 is 2.20 bits per heavy atom. The first-order valence-corrected chi connectivity index (χ1v) is 7.11. The molecule has 1 amide bonds. The molecule has 6 heteroatoms. The second-order valence-corrected chi connectivity index (χ2v) is 6.35. The maximum absolute atomic E-state index is 11.7. The predicted molar refractivity (Wildman–Crippen MR) is 73.4 cm³/mol. The first-order chi connectivity index (χ1) is 9.20. The number of amides is 1. The van der Waals surface area contributed by atoms with Crippen LogP contribution < -0.4 is 5.32 Å². The Bertz CT molecular complexity index is 344. The number of carbonyl (C=O) groups is 2. The van der Waals surface area contributed by atoms with E-state index in [0.717, 1.165) is 32.1 Å². The van der Waals surface area contributed by atoms with Gasteiger partial charge in [-0.15, -0.1) is 0 Å². The van der Waals surface area contributed by atoms with Gasteiger partial charge < -0.3 is 20.3 Å². The number of alkyl carbamates (subject to hydrolysis) is 1. The normalized spacial score (nSPS) is 20.0. The molecule has 1 aliphatic carbocycles. The first-order valence-electron chi connectivity index (χ1n) is 7.11. The van der Waals surface area contributed by atoms with Gasteiger partial charge in [-0.05, 0) is 39.5 Å². The van der Waals surface area contributed by atoms with Gasteiger partial charge in [0.25, 0.3) is 0 Å². The van der Waals surface area contributed by atoms with Crippen LogP contribution in [0.25, 0.3) is 0 Å². The van der Waals surface area contributed by atoms with Crippen LogP contribution in [0.5, 0.6) is 0 Å². The Labute approximate surface area is 119 Å². The number of hydrogen-bond acceptors (Lipinski definition) is 4. The van der Waals surface area contributed by atoms with E-state index >= 15 is 0 Å². The molecule has 6 nitrogen and oxygen atoms in total. The van der Waals surface area contributed by atoms with Crippen molar-refractivity contribution in [2.75, 3.05) is 0 Å². The number of ether oxygens (including phenoxy) is 1. The smallest absolute Gasteiger partial charge is 0.408 e. The molecule has 1 saturated carbocycles. The second-order valence-electron chi connectivity index (χ2n) is 6.35. The zero-order chi connectivity index (χ0) is 15.3. The molecule has 0 radical (unpaired) electrons. The highest BCUT2D eigenvalue weighted by molar-refractivity contribution is 5.80. The number of carbonyl (C=O) groups excluding carboxylic acids is 1. The molecule has 0 bridgehead atoms. The van der Waals surface area contributed by atoms with Crippen molar-refractivity contribution in [3.8, 4) is 0 Å². The summed E-state index contributed by atoms with van der Waals surface area (Å²) >= 11 is 0. The van der Waals surface area contributed by atoms with Crippen LogP contribution in [0.1, 0.15) is 52.9 Å². The Balaban J connectivity index is 2.63. The highest BCUT2D eigenvalue weighted by Gasteiger charge is 2.35. The molecule has 0 heterocycles. The lowest BCUT2D eigenvalue weighted by atomic mass is 9.82. The lowest BCUT2D eigenvalue weighted by Crippen LogP contribution is -2.52. The number of carboxylic acids is 1. The van der Waals surface area contributed by atoms with Crippen LogP contribution in [-0.4, -0.2) is 40.0 Å². The van der Waals surface area contributed by atoms with Crippen molar-refractivity contribution in [3.05, 3.63) is 0 Å². The summed E-state index contributed by atoms with van der Waals surface area (Å²) in [7, 11) is 0. The van der Waals surface area contributed by atoms with Crippen molar-refractivity contribution in [3.63, 3.8) is 0 Å². The third-order valence-electron chi connectivity index (χ3n) is 3.41. The van der Waals surface area contributed by atoms with Crippen LogP contribution in [0.3, 0.4) is 0 Å². The monoisotopic (exact) mass is 287 g/mol. The zero-order valence-corrected chi connectivity index (χ0v) is 12.4. The van der Waals surface area contributed by atoms with Crippen LogP contribution in [0.15, 0.2) is 0 Å². The van der Waals surface area contributed by atoms with Crippen molar-refractivity contribution in [2.24, 2.45) is 5.92 Å². The van der Waals surface area contributed by atoms with E-state index in [0.29, 0.717) is 0 Å². The van der Waals surface area contributed by atoms with Gasteiger partial charge in [0.05, 0.1) is 6.10 Å². The fourth-order valence-electron chi connectivity index (χ4n) is 2.48. The maximum atomic E-state index is 11.7. The Morgan fingerprint density at radius 1 is 1.20 bits per heavy atom. The van der Waals surface area contributed by atoms with Gasteiger partial charge >= 0.3 is 12.1 Å². The quantitative estimate of drug-likeness (QED) is 0.734. The third kappa shape index (κ3) is 5.36. The van der Waals surface area contributed by atoms with E-state index in [4.69, 9.17) is 4.74 Å². The molecule has 0 aromatic carbocycles. The van der Waals surface area contributed by atoms with Crippen molar-refractivity contribution in [2.45, 2.75) is 70.6 Å². The SMILES string of the molecule is CC(C)(C)OC(=O)N[C@H](C(=O)O)C(O)C1CCCCC1. The van der Waals surface area contributed by atoms with E-state index in [1.165, 1.54) is 0 Å². The van der Waals surface area contributed by atoms with Gasteiger partial charge in [-0.2, -0.15) is 0 Å². The minimum Gasteiger partial charge on any atom is -0.480 e. The summed E-state index contributed by atoms with van der Waals surface area (Å²) in [6.07, 6.45) is 2.77. The number of carboxylic acid groups (broad SMARTS) is 1. The fourth-order valence-corrected chi connectivity index (χ4v) is 2.48. The van der Waals surface area contributed by atoms with Crippen molar-refractivity contribution in [1.29, 1.82) is 0 Å². The van der Waals surface area contributed by atoms with Gasteiger partial charge in [-0.3, -0.25) is 0 Å². The average molecular weight is 287 g/mol. The molecule has 0 aliphatic heterocycles. The Hall–Kier alpha value is -1.30. The van der Waals surface area contributed by atoms with Gasteiger partial charge in [-0.25, -0.2) is 9.59 Å². The third-order valence-corrected chi connectivity index (χ3v) is 3.41. The molecule has 1 rings (SSSR count). The molecule has 116 valence electrons. The average Bonchev–Trinajstić information content (AvgIpc) is 2.34. The summed E-state index contributed by atoms with van der Waals surface area (Å²) in [6.45, 7) is 5.08. The van der Waals surface area contributed by atoms with E-state index in [9.17, 15) is 19.8 Å². The summed E-state index contributed by atoms with van der Waals surface area (Å²) in [6, 6.07) is -1.33. The zero-order valence-electron chi connectivity index (χ0n) is 12.4. The molecule has 1 aliphatic rings. The van der Waals surface area contributed by atoms with E-state index in [2.05, 4.69) is 5.32 Å². The molecule has 2 atom stereocenters. The number of aliphatic hydroxyl groups is 1. The number of aliphatic hydroxyl groups excluding tert-OH is 1. The molecule has 0 aromatic rings. The van der Waals surface area contributed by atoms with Crippen LogP contribution >= 0.6 is 0 Å². The van der Waals surface area contributed by atoms with Gasteiger partial charge in [0, 0.05) is 0 Å². The van der Waals surface area contributed by atoms with E-state index in [1.54, 1.807) is 20.8 Å². The standard InChI is InChI=1S/C14H25NO5/c1-14(2,3)20-13(19)15-10(12(17)18)11(16)9-7-5-4-6-8-9/h9-11,16H,4-8H2,1-3H3,(H,15,19)(H,17,18)/t10-,11?/m0/s1. The lowest BCUT2D eigenvalue weighted by Gasteiger charge is -2.31. The van der Waals surface area contributed by atoms with Gasteiger partial charge in [0.15, 0.2) is 6.04 Å². The molecule has 1 fully saturated rings. The minimum atomic E-state index is -1.33. The molecular weight excluding hydrogens is 262 g/mol. The predicted octanol–water partition coefficient (Wildman–Crippen LogP) is 1.91. The first kappa shape index (κ1) is 16.8. The maximum Gasteiger partial charge on any atom is 0.408 e. The van der Waals surface area contributed by atoms with Gasteiger partial charge in [0.1, 0.15) is 5.60 Å². The Kier molecular flexibility index (Phi) is 5.80. The molecule has 1 unspecified atom stereocenters. The highest BCUT2D eigenvalue weighted by atomic mass is 16.6. The largest absolute Gasteiger partial charge is 0.480 e.